The minimum absolute atomic E-state index is 0.656. The highest BCUT2D eigenvalue weighted by Crippen LogP contribution is 2.27. The standard InChI is InChI=1S/C16H24ClNO/c1-3-13-6-5-9-18(11-13)12-14-7-8-16(19-4-2)15(17)10-14/h7-8,10,13H,3-6,9,11-12H2,1-2H3/t13-/m0/s1. The van der Waals surface area contributed by atoms with Crippen molar-refractivity contribution in [3.8, 4) is 5.75 Å². The maximum atomic E-state index is 6.24. The molecule has 0 aromatic heterocycles. The van der Waals surface area contributed by atoms with E-state index in [-0.39, 0.29) is 0 Å². The zero-order valence-electron chi connectivity index (χ0n) is 12.0. The highest BCUT2D eigenvalue weighted by molar-refractivity contribution is 6.32. The number of benzene rings is 1. The van der Waals surface area contributed by atoms with E-state index >= 15 is 0 Å². The summed E-state index contributed by atoms with van der Waals surface area (Å²) >= 11 is 6.24. The molecule has 0 bridgehead atoms. The summed E-state index contributed by atoms with van der Waals surface area (Å²) in [4.78, 5) is 2.55. The number of likely N-dealkylation sites (tertiary alicyclic amines) is 1. The quantitative estimate of drug-likeness (QED) is 0.795. The summed E-state index contributed by atoms with van der Waals surface area (Å²) in [6, 6.07) is 6.16. The molecule has 3 heteroatoms. The van der Waals surface area contributed by atoms with Crippen molar-refractivity contribution < 1.29 is 4.74 Å². The molecule has 19 heavy (non-hydrogen) atoms. The molecule has 1 aliphatic heterocycles. The van der Waals surface area contributed by atoms with Gasteiger partial charge >= 0.3 is 0 Å². The SMILES string of the molecule is CCOc1ccc(CN2CCC[C@H](CC)C2)cc1Cl. The summed E-state index contributed by atoms with van der Waals surface area (Å²) in [5.41, 5.74) is 1.28. The molecule has 2 nitrogen and oxygen atoms in total. The van der Waals surface area contributed by atoms with Crippen LogP contribution in [-0.2, 0) is 6.54 Å². The van der Waals surface area contributed by atoms with Crippen molar-refractivity contribution in [2.24, 2.45) is 5.92 Å². The van der Waals surface area contributed by atoms with Gasteiger partial charge in [0.2, 0.25) is 0 Å². The smallest absolute Gasteiger partial charge is 0.137 e. The molecule has 106 valence electrons. The molecule has 1 saturated heterocycles. The normalized spacial score (nSPS) is 20.5. The summed E-state index contributed by atoms with van der Waals surface area (Å²) in [7, 11) is 0. The maximum Gasteiger partial charge on any atom is 0.137 e. The van der Waals surface area contributed by atoms with Crippen LogP contribution >= 0.6 is 11.6 Å². The summed E-state index contributed by atoms with van der Waals surface area (Å²) in [5, 5.41) is 0.725. The Morgan fingerprint density at radius 3 is 2.89 bits per heavy atom. The van der Waals surface area contributed by atoms with Gasteiger partial charge < -0.3 is 4.74 Å². The molecule has 0 saturated carbocycles. The molecule has 1 aromatic carbocycles. The summed E-state index contributed by atoms with van der Waals surface area (Å²) in [5.74, 6) is 1.66. The molecule has 1 aromatic rings. The fourth-order valence-electron chi connectivity index (χ4n) is 2.80. The zero-order valence-corrected chi connectivity index (χ0v) is 12.7. The van der Waals surface area contributed by atoms with Crippen LogP contribution in [0.4, 0.5) is 0 Å². The third kappa shape index (κ3) is 4.12. The van der Waals surface area contributed by atoms with Gasteiger partial charge in [-0.15, -0.1) is 0 Å². The van der Waals surface area contributed by atoms with Crippen LogP contribution in [0.25, 0.3) is 0 Å². The molecular formula is C16H24ClNO. The number of ether oxygens (including phenoxy) is 1. The number of hydrogen-bond donors (Lipinski definition) is 0. The summed E-state index contributed by atoms with van der Waals surface area (Å²) in [6.07, 6.45) is 4.00. The van der Waals surface area contributed by atoms with E-state index in [9.17, 15) is 0 Å². The van der Waals surface area contributed by atoms with Gasteiger partial charge in [0.25, 0.3) is 0 Å². The molecule has 0 aliphatic carbocycles. The minimum Gasteiger partial charge on any atom is -0.492 e. The number of piperidine rings is 1. The molecule has 1 fully saturated rings. The van der Waals surface area contributed by atoms with Crippen LogP contribution in [0, 0.1) is 5.92 Å². The highest BCUT2D eigenvalue weighted by Gasteiger charge is 2.18. The van der Waals surface area contributed by atoms with Crippen LogP contribution in [-0.4, -0.2) is 24.6 Å². The monoisotopic (exact) mass is 281 g/mol. The number of halogens is 1. The van der Waals surface area contributed by atoms with Gasteiger partial charge in [-0.3, -0.25) is 4.90 Å². The number of nitrogens with zero attached hydrogens (tertiary/aromatic N) is 1. The van der Waals surface area contributed by atoms with Crippen LogP contribution in [0.1, 0.15) is 38.7 Å². The first-order valence-electron chi connectivity index (χ1n) is 7.36. The lowest BCUT2D eigenvalue weighted by molar-refractivity contribution is 0.164. The second kappa shape index (κ2) is 7.16. The molecule has 0 radical (unpaired) electrons. The second-order valence-electron chi connectivity index (χ2n) is 5.35. The Morgan fingerprint density at radius 2 is 2.21 bits per heavy atom. The number of rotatable bonds is 5. The van der Waals surface area contributed by atoms with Crippen LogP contribution in [0.5, 0.6) is 5.75 Å². The second-order valence-corrected chi connectivity index (χ2v) is 5.76. The molecule has 1 atom stereocenters. The number of hydrogen-bond acceptors (Lipinski definition) is 2. The Hall–Kier alpha value is -0.730. The average molecular weight is 282 g/mol. The van der Waals surface area contributed by atoms with Crippen molar-refractivity contribution in [1.82, 2.24) is 4.90 Å². The molecule has 0 spiro atoms. The Balaban J connectivity index is 1.97. The highest BCUT2D eigenvalue weighted by atomic mass is 35.5. The maximum absolute atomic E-state index is 6.24. The van der Waals surface area contributed by atoms with E-state index in [1.807, 2.05) is 19.1 Å². The molecule has 0 unspecified atom stereocenters. The van der Waals surface area contributed by atoms with Crippen molar-refractivity contribution in [1.29, 1.82) is 0 Å². The van der Waals surface area contributed by atoms with E-state index in [2.05, 4.69) is 17.9 Å². The van der Waals surface area contributed by atoms with Gasteiger partial charge in [0.15, 0.2) is 0 Å². The average Bonchev–Trinajstić information content (AvgIpc) is 2.42. The molecule has 2 rings (SSSR count). The predicted octanol–water partition coefficient (Wildman–Crippen LogP) is 4.36. The van der Waals surface area contributed by atoms with E-state index in [4.69, 9.17) is 16.3 Å². The van der Waals surface area contributed by atoms with Crippen molar-refractivity contribution in [2.75, 3.05) is 19.7 Å². The van der Waals surface area contributed by atoms with Crippen molar-refractivity contribution in [3.63, 3.8) is 0 Å². The third-order valence-electron chi connectivity index (χ3n) is 3.88. The lowest BCUT2D eigenvalue weighted by atomic mass is 9.95. The van der Waals surface area contributed by atoms with Gasteiger partial charge in [-0.2, -0.15) is 0 Å². The Morgan fingerprint density at radius 1 is 1.37 bits per heavy atom. The lowest BCUT2D eigenvalue weighted by Gasteiger charge is -2.32. The van der Waals surface area contributed by atoms with Crippen LogP contribution in [0.2, 0.25) is 5.02 Å². The van der Waals surface area contributed by atoms with Gasteiger partial charge in [0.1, 0.15) is 5.75 Å². The summed E-state index contributed by atoms with van der Waals surface area (Å²) in [6.45, 7) is 8.36. The van der Waals surface area contributed by atoms with E-state index in [1.165, 1.54) is 37.9 Å². The minimum atomic E-state index is 0.656. The van der Waals surface area contributed by atoms with E-state index in [1.54, 1.807) is 0 Å². The Bertz CT molecular complexity index is 408. The first-order valence-corrected chi connectivity index (χ1v) is 7.74. The molecule has 0 N–H and O–H groups in total. The Labute approximate surface area is 121 Å². The fourth-order valence-corrected chi connectivity index (χ4v) is 3.06. The van der Waals surface area contributed by atoms with Gasteiger partial charge in [0, 0.05) is 13.1 Å². The molecule has 1 heterocycles. The van der Waals surface area contributed by atoms with Gasteiger partial charge in [-0.05, 0) is 49.9 Å². The van der Waals surface area contributed by atoms with Crippen molar-refractivity contribution in [3.05, 3.63) is 28.8 Å². The summed E-state index contributed by atoms with van der Waals surface area (Å²) < 4.78 is 5.47. The van der Waals surface area contributed by atoms with Gasteiger partial charge in [-0.1, -0.05) is 31.0 Å². The molecule has 0 amide bonds. The first-order chi connectivity index (χ1) is 9.22. The van der Waals surface area contributed by atoms with E-state index < -0.39 is 0 Å². The van der Waals surface area contributed by atoms with E-state index in [0.29, 0.717) is 6.61 Å². The van der Waals surface area contributed by atoms with Crippen LogP contribution in [0.3, 0.4) is 0 Å². The van der Waals surface area contributed by atoms with Crippen molar-refractivity contribution >= 4 is 11.6 Å². The largest absolute Gasteiger partial charge is 0.492 e. The fraction of sp³-hybridized carbons (Fsp3) is 0.625. The Kier molecular flexibility index (Phi) is 5.53. The predicted molar refractivity (Wildman–Crippen MR) is 80.9 cm³/mol. The van der Waals surface area contributed by atoms with Crippen LogP contribution < -0.4 is 4.74 Å². The topological polar surface area (TPSA) is 12.5 Å². The lowest BCUT2D eigenvalue weighted by Crippen LogP contribution is -2.34. The molecular weight excluding hydrogens is 258 g/mol. The molecule has 1 aliphatic rings. The third-order valence-corrected chi connectivity index (χ3v) is 4.18. The van der Waals surface area contributed by atoms with Crippen LogP contribution in [0.15, 0.2) is 18.2 Å². The van der Waals surface area contributed by atoms with E-state index in [0.717, 1.165) is 23.2 Å². The first kappa shape index (κ1) is 14.7. The zero-order chi connectivity index (χ0) is 13.7. The van der Waals surface area contributed by atoms with Gasteiger partial charge in [-0.25, -0.2) is 0 Å². The van der Waals surface area contributed by atoms with Crippen molar-refractivity contribution in [2.45, 2.75) is 39.7 Å². The van der Waals surface area contributed by atoms with Gasteiger partial charge in [0.05, 0.1) is 11.6 Å².